The standard InChI is InChI=1S/C24H33N5O2/c1-18-7-4-5-8-21(18)19(2)15-23(30)28-13-11-27(12-14-28)22-9-6-10-29(24(22)31)20-16-25-26(3)17-20/h4-5,7-8,16-17,19,22H,6,9-15H2,1-3H3/t19-,22-/m0/s1. The Morgan fingerprint density at radius 1 is 1.16 bits per heavy atom. The Morgan fingerprint density at radius 3 is 2.58 bits per heavy atom. The fraction of sp³-hybridized carbons (Fsp3) is 0.542. The zero-order valence-electron chi connectivity index (χ0n) is 18.8. The minimum absolute atomic E-state index is 0.0999. The highest BCUT2D eigenvalue weighted by Crippen LogP contribution is 2.26. The summed E-state index contributed by atoms with van der Waals surface area (Å²) in [5, 5.41) is 4.21. The number of aryl methyl sites for hydroxylation is 2. The van der Waals surface area contributed by atoms with Gasteiger partial charge in [-0.05, 0) is 36.8 Å². The summed E-state index contributed by atoms with van der Waals surface area (Å²) in [5.41, 5.74) is 3.36. The van der Waals surface area contributed by atoms with E-state index >= 15 is 0 Å². The second kappa shape index (κ2) is 9.22. The van der Waals surface area contributed by atoms with Gasteiger partial charge in [0.15, 0.2) is 0 Å². The highest BCUT2D eigenvalue weighted by Gasteiger charge is 2.36. The number of carbonyl (C=O) groups is 2. The minimum Gasteiger partial charge on any atom is -0.340 e. The molecule has 0 unspecified atom stereocenters. The van der Waals surface area contributed by atoms with E-state index in [1.807, 2.05) is 35.2 Å². The number of carbonyl (C=O) groups excluding carboxylic acids is 2. The Balaban J connectivity index is 1.32. The topological polar surface area (TPSA) is 61.7 Å². The summed E-state index contributed by atoms with van der Waals surface area (Å²) in [6.07, 6.45) is 6.05. The van der Waals surface area contributed by atoms with Crippen molar-refractivity contribution >= 4 is 17.5 Å². The Kier molecular flexibility index (Phi) is 6.41. The van der Waals surface area contributed by atoms with Crippen LogP contribution in [0.3, 0.4) is 0 Å². The molecule has 0 radical (unpaired) electrons. The number of amides is 2. The molecule has 3 heterocycles. The molecule has 2 saturated heterocycles. The average molecular weight is 424 g/mol. The first-order chi connectivity index (χ1) is 14.9. The SMILES string of the molecule is Cc1ccccc1[C@@H](C)CC(=O)N1CCN([C@H]2CCCN(c3cnn(C)c3)C2=O)CC1. The quantitative estimate of drug-likeness (QED) is 0.742. The van der Waals surface area contributed by atoms with Gasteiger partial charge in [-0.25, -0.2) is 0 Å². The fourth-order valence-corrected chi connectivity index (χ4v) is 4.92. The monoisotopic (exact) mass is 423 g/mol. The smallest absolute Gasteiger partial charge is 0.244 e. The lowest BCUT2D eigenvalue weighted by molar-refractivity contribution is -0.134. The van der Waals surface area contributed by atoms with Crippen LogP contribution in [0.4, 0.5) is 5.69 Å². The van der Waals surface area contributed by atoms with Crippen molar-refractivity contribution in [2.45, 2.75) is 45.1 Å². The molecule has 2 fully saturated rings. The van der Waals surface area contributed by atoms with Gasteiger partial charge in [-0.15, -0.1) is 0 Å². The largest absolute Gasteiger partial charge is 0.340 e. The van der Waals surface area contributed by atoms with Crippen molar-refractivity contribution in [2.24, 2.45) is 7.05 Å². The molecule has 0 saturated carbocycles. The molecule has 166 valence electrons. The first-order valence-electron chi connectivity index (χ1n) is 11.3. The molecule has 2 aliphatic rings. The van der Waals surface area contributed by atoms with Crippen molar-refractivity contribution < 1.29 is 9.59 Å². The summed E-state index contributed by atoms with van der Waals surface area (Å²) in [5.74, 6) is 0.578. The molecular weight excluding hydrogens is 390 g/mol. The molecule has 7 nitrogen and oxygen atoms in total. The first-order valence-corrected chi connectivity index (χ1v) is 11.3. The van der Waals surface area contributed by atoms with Crippen molar-refractivity contribution in [3.05, 3.63) is 47.8 Å². The number of benzene rings is 1. The van der Waals surface area contributed by atoms with E-state index in [1.165, 1.54) is 11.1 Å². The zero-order chi connectivity index (χ0) is 22.0. The Labute approximate surface area is 184 Å². The third-order valence-corrected chi connectivity index (χ3v) is 6.72. The van der Waals surface area contributed by atoms with Gasteiger partial charge in [0, 0.05) is 52.4 Å². The molecule has 2 amide bonds. The first kappa shape index (κ1) is 21.6. The molecule has 2 atom stereocenters. The third kappa shape index (κ3) is 4.66. The third-order valence-electron chi connectivity index (χ3n) is 6.72. The van der Waals surface area contributed by atoms with Crippen molar-refractivity contribution in [3.8, 4) is 0 Å². The molecule has 0 bridgehead atoms. The van der Waals surface area contributed by atoms with Crippen molar-refractivity contribution in [3.63, 3.8) is 0 Å². The number of hydrogen-bond donors (Lipinski definition) is 0. The average Bonchev–Trinajstić information content (AvgIpc) is 3.20. The van der Waals surface area contributed by atoms with Crippen LogP contribution in [0, 0.1) is 6.92 Å². The summed E-state index contributed by atoms with van der Waals surface area (Å²) in [7, 11) is 1.87. The molecule has 1 aromatic heterocycles. The zero-order valence-corrected chi connectivity index (χ0v) is 18.8. The predicted octanol–water partition coefficient (Wildman–Crippen LogP) is 2.56. The lowest BCUT2D eigenvalue weighted by Crippen LogP contribution is -2.58. The van der Waals surface area contributed by atoms with Crippen molar-refractivity contribution in [1.29, 1.82) is 0 Å². The van der Waals surface area contributed by atoms with E-state index in [2.05, 4.69) is 36.0 Å². The molecule has 4 rings (SSSR count). The second-order valence-electron chi connectivity index (χ2n) is 8.90. The van der Waals surface area contributed by atoms with E-state index in [0.717, 1.165) is 38.2 Å². The minimum atomic E-state index is -0.0999. The van der Waals surface area contributed by atoms with Gasteiger partial charge >= 0.3 is 0 Å². The van der Waals surface area contributed by atoms with Crippen LogP contribution in [0.2, 0.25) is 0 Å². The normalized spacial score (nSPS) is 21.4. The van der Waals surface area contributed by atoms with E-state index in [4.69, 9.17) is 0 Å². The van der Waals surface area contributed by atoms with E-state index in [9.17, 15) is 9.59 Å². The number of rotatable bonds is 5. The van der Waals surface area contributed by atoms with Gasteiger partial charge < -0.3 is 9.80 Å². The van der Waals surface area contributed by atoms with E-state index in [-0.39, 0.29) is 23.8 Å². The number of nitrogens with zero attached hydrogens (tertiary/aromatic N) is 5. The van der Waals surface area contributed by atoms with Crippen LogP contribution in [0.25, 0.3) is 0 Å². The lowest BCUT2D eigenvalue weighted by Gasteiger charge is -2.42. The molecule has 1 aromatic carbocycles. The van der Waals surface area contributed by atoms with Gasteiger partial charge in [0.25, 0.3) is 0 Å². The summed E-state index contributed by atoms with van der Waals surface area (Å²) >= 11 is 0. The highest BCUT2D eigenvalue weighted by molar-refractivity contribution is 5.97. The molecule has 2 aromatic rings. The van der Waals surface area contributed by atoms with Crippen LogP contribution in [-0.2, 0) is 16.6 Å². The van der Waals surface area contributed by atoms with E-state index in [0.29, 0.717) is 19.5 Å². The number of piperazine rings is 1. The maximum Gasteiger partial charge on any atom is 0.244 e. The van der Waals surface area contributed by atoms with E-state index < -0.39 is 0 Å². The van der Waals surface area contributed by atoms with E-state index in [1.54, 1.807) is 10.9 Å². The van der Waals surface area contributed by atoms with Crippen LogP contribution in [-0.4, -0.2) is 70.2 Å². The maximum atomic E-state index is 13.2. The Bertz CT molecular complexity index is 932. The fourth-order valence-electron chi connectivity index (χ4n) is 4.92. The van der Waals surface area contributed by atoms with Crippen LogP contribution >= 0.6 is 0 Å². The van der Waals surface area contributed by atoms with Crippen LogP contribution < -0.4 is 4.90 Å². The summed E-state index contributed by atoms with van der Waals surface area (Å²) in [6, 6.07) is 8.20. The van der Waals surface area contributed by atoms with Crippen LogP contribution in [0.15, 0.2) is 36.7 Å². The summed E-state index contributed by atoms with van der Waals surface area (Å²) < 4.78 is 1.73. The molecule has 31 heavy (non-hydrogen) atoms. The molecule has 0 aliphatic carbocycles. The predicted molar refractivity (Wildman–Crippen MR) is 121 cm³/mol. The van der Waals surface area contributed by atoms with Crippen LogP contribution in [0.5, 0.6) is 0 Å². The highest BCUT2D eigenvalue weighted by atomic mass is 16.2. The number of aromatic nitrogens is 2. The molecule has 0 spiro atoms. The van der Waals surface area contributed by atoms with Gasteiger partial charge in [0.1, 0.15) is 0 Å². The maximum absolute atomic E-state index is 13.2. The van der Waals surface area contributed by atoms with Crippen LogP contribution in [0.1, 0.15) is 43.2 Å². The second-order valence-corrected chi connectivity index (χ2v) is 8.90. The van der Waals surface area contributed by atoms with Gasteiger partial charge in [-0.3, -0.25) is 19.2 Å². The molecule has 0 N–H and O–H groups in total. The van der Waals surface area contributed by atoms with Gasteiger partial charge in [0.05, 0.1) is 17.9 Å². The van der Waals surface area contributed by atoms with Crippen molar-refractivity contribution in [1.82, 2.24) is 19.6 Å². The van der Waals surface area contributed by atoms with Crippen molar-refractivity contribution in [2.75, 3.05) is 37.6 Å². The molecular formula is C24H33N5O2. The number of hydrogen-bond acceptors (Lipinski definition) is 4. The number of piperidine rings is 1. The summed E-state index contributed by atoms with van der Waals surface area (Å²) in [4.78, 5) is 32.2. The summed E-state index contributed by atoms with van der Waals surface area (Å²) in [6.45, 7) is 7.86. The Hall–Kier alpha value is -2.67. The number of anilines is 1. The Morgan fingerprint density at radius 2 is 1.90 bits per heavy atom. The lowest BCUT2D eigenvalue weighted by atomic mass is 9.93. The van der Waals surface area contributed by atoms with Gasteiger partial charge in [-0.2, -0.15) is 5.10 Å². The molecule has 7 heteroatoms. The van der Waals surface area contributed by atoms with Gasteiger partial charge in [-0.1, -0.05) is 31.2 Å². The van der Waals surface area contributed by atoms with Gasteiger partial charge in [0.2, 0.25) is 11.8 Å². The molecule has 2 aliphatic heterocycles.